The van der Waals surface area contributed by atoms with Crippen molar-refractivity contribution in [3.05, 3.63) is 33.3 Å². The Kier molecular flexibility index (Phi) is 2.87. The topological polar surface area (TPSA) is 83.6 Å². The van der Waals surface area contributed by atoms with E-state index >= 15 is 0 Å². The maximum absolute atomic E-state index is 10.4. The number of hydrogen-bond donors (Lipinski definition) is 2. The average Bonchev–Trinajstić information content (AvgIpc) is 2.02. The third-order valence-electron chi connectivity index (χ3n) is 1.48. The van der Waals surface area contributed by atoms with Crippen LogP contribution in [-0.4, -0.2) is 22.1 Å². The van der Waals surface area contributed by atoms with Crippen molar-refractivity contribution in [2.75, 3.05) is 0 Å². The second-order valence-electron chi connectivity index (χ2n) is 2.31. The molecule has 0 unspecified atom stereocenters. The molecule has 0 heterocycles. The lowest BCUT2D eigenvalue weighted by Gasteiger charge is -2.01. The van der Waals surface area contributed by atoms with Crippen LogP contribution in [0.2, 0.25) is 5.02 Å². The zero-order chi connectivity index (χ0) is 10.0. The van der Waals surface area contributed by atoms with Crippen molar-refractivity contribution in [1.82, 2.24) is 0 Å². The summed E-state index contributed by atoms with van der Waals surface area (Å²) in [7, 11) is -1.89. The Morgan fingerprint density at radius 1 is 1.46 bits per heavy atom. The van der Waals surface area contributed by atoms with Gasteiger partial charge in [-0.15, -0.1) is 0 Å². The first-order chi connectivity index (χ1) is 6.04. The van der Waals surface area contributed by atoms with Crippen LogP contribution in [0.1, 0.15) is 0 Å². The van der Waals surface area contributed by atoms with Crippen LogP contribution in [0.15, 0.2) is 18.2 Å². The van der Waals surface area contributed by atoms with Gasteiger partial charge < -0.3 is 10.0 Å². The molecule has 68 valence electrons. The Balaban J connectivity index is 3.34. The van der Waals surface area contributed by atoms with Gasteiger partial charge in [0.15, 0.2) is 0 Å². The SMILES string of the molecule is O=[N+]([O-])c1c(Cl)cccc1B(O)O. The Morgan fingerprint density at radius 3 is 2.46 bits per heavy atom. The van der Waals surface area contributed by atoms with E-state index in [9.17, 15) is 10.1 Å². The number of hydrogen-bond acceptors (Lipinski definition) is 4. The molecule has 13 heavy (non-hydrogen) atoms. The van der Waals surface area contributed by atoms with Crippen LogP contribution in [0.5, 0.6) is 0 Å². The standard InChI is InChI=1S/C6H5BClNO4/c8-5-3-1-2-4(7(10)11)6(5)9(12)13/h1-3,10-11H. The zero-order valence-corrected chi connectivity index (χ0v) is 7.10. The second kappa shape index (κ2) is 3.74. The predicted octanol–water partition coefficient (Wildman–Crippen LogP) is -0.0720. The molecule has 0 atom stereocenters. The molecule has 0 aromatic heterocycles. The molecule has 1 aromatic rings. The van der Waals surface area contributed by atoms with Gasteiger partial charge in [-0.05, 0) is 6.07 Å². The summed E-state index contributed by atoms with van der Waals surface area (Å²) < 4.78 is 0. The molecular formula is C6H5BClNO4. The van der Waals surface area contributed by atoms with Gasteiger partial charge in [-0.2, -0.15) is 0 Å². The highest BCUT2D eigenvalue weighted by Crippen LogP contribution is 2.21. The van der Waals surface area contributed by atoms with E-state index in [4.69, 9.17) is 21.6 Å². The first kappa shape index (κ1) is 9.98. The van der Waals surface area contributed by atoms with Crippen molar-refractivity contribution in [3.63, 3.8) is 0 Å². The van der Waals surface area contributed by atoms with E-state index in [2.05, 4.69) is 0 Å². The van der Waals surface area contributed by atoms with E-state index in [1.165, 1.54) is 18.2 Å². The fourth-order valence-corrected chi connectivity index (χ4v) is 1.18. The van der Waals surface area contributed by atoms with Crippen LogP contribution in [-0.2, 0) is 0 Å². The van der Waals surface area contributed by atoms with Crippen LogP contribution in [0.25, 0.3) is 0 Å². The van der Waals surface area contributed by atoms with Gasteiger partial charge in [-0.1, -0.05) is 23.7 Å². The van der Waals surface area contributed by atoms with E-state index in [1.807, 2.05) is 0 Å². The van der Waals surface area contributed by atoms with Crippen molar-refractivity contribution in [2.45, 2.75) is 0 Å². The summed E-state index contributed by atoms with van der Waals surface area (Å²) in [5, 5.41) is 27.9. The third-order valence-corrected chi connectivity index (χ3v) is 1.78. The van der Waals surface area contributed by atoms with Crippen molar-refractivity contribution >= 4 is 29.9 Å². The molecule has 7 heteroatoms. The minimum atomic E-state index is -1.89. The number of nitrogens with zero attached hydrogens (tertiary/aromatic N) is 1. The second-order valence-corrected chi connectivity index (χ2v) is 2.72. The molecule has 0 aliphatic rings. The van der Waals surface area contributed by atoms with E-state index in [0.29, 0.717) is 0 Å². The maximum Gasteiger partial charge on any atom is 0.495 e. The van der Waals surface area contributed by atoms with Gasteiger partial charge in [-0.25, -0.2) is 0 Å². The monoisotopic (exact) mass is 201 g/mol. The van der Waals surface area contributed by atoms with E-state index in [0.717, 1.165) is 0 Å². The average molecular weight is 201 g/mol. The molecule has 0 saturated heterocycles. The van der Waals surface area contributed by atoms with Gasteiger partial charge in [-0.3, -0.25) is 10.1 Å². The van der Waals surface area contributed by atoms with Gasteiger partial charge in [0.2, 0.25) is 0 Å². The molecule has 0 spiro atoms. The summed E-state index contributed by atoms with van der Waals surface area (Å²) in [4.78, 5) is 9.69. The lowest BCUT2D eigenvalue weighted by molar-refractivity contribution is -0.383. The van der Waals surface area contributed by atoms with E-state index in [-0.39, 0.29) is 10.5 Å². The Hall–Kier alpha value is -1.11. The van der Waals surface area contributed by atoms with Crippen molar-refractivity contribution in [2.24, 2.45) is 0 Å². The number of benzene rings is 1. The van der Waals surface area contributed by atoms with Gasteiger partial charge in [0.25, 0.3) is 5.69 Å². The molecule has 1 aromatic carbocycles. The van der Waals surface area contributed by atoms with Crippen molar-refractivity contribution in [3.8, 4) is 0 Å². The molecule has 2 N–H and O–H groups in total. The zero-order valence-electron chi connectivity index (χ0n) is 6.35. The summed E-state index contributed by atoms with van der Waals surface area (Å²) in [6.07, 6.45) is 0. The molecular weight excluding hydrogens is 196 g/mol. The molecule has 0 fully saturated rings. The van der Waals surface area contributed by atoms with Gasteiger partial charge >= 0.3 is 7.12 Å². The summed E-state index contributed by atoms with van der Waals surface area (Å²) in [6, 6.07) is 3.95. The van der Waals surface area contributed by atoms with Crippen molar-refractivity contribution in [1.29, 1.82) is 0 Å². The summed E-state index contributed by atoms with van der Waals surface area (Å²) >= 11 is 5.50. The number of halogens is 1. The maximum atomic E-state index is 10.4. The number of para-hydroxylation sites is 1. The normalized spacial score (nSPS) is 9.77. The fraction of sp³-hybridized carbons (Fsp3) is 0. The van der Waals surface area contributed by atoms with Gasteiger partial charge in [0, 0.05) is 0 Å². The predicted molar refractivity (Wildman–Crippen MR) is 47.9 cm³/mol. The Labute approximate surface area is 78.9 Å². The molecule has 0 saturated carbocycles. The minimum Gasteiger partial charge on any atom is -0.423 e. The summed E-state index contributed by atoms with van der Waals surface area (Å²) in [6.45, 7) is 0. The number of nitro groups is 1. The molecule has 0 radical (unpaired) electrons. The smallest absolute Gasteiger partial charge is 0.423 e. The molecule has 0 aliphatic heterocycles. The molecule has 0 bridgehead atoms. The van der Waals surface area contributed by atoms with Crippen LogP contribution >= 0.6 is 11.6 Å². The quantitative estimate of drug-likeness (QED) is 0.398. The fourth-order valence-electron chi connectivity index (χ4n) is 0.933. The number of rotatable bonds is 2. The lowest BCUT2D eigenvalue weighted by atomic mass is 9.79. The van der Waals surface area contributed by atoms with Crippen LogP contribution in [0.3, 0.4) is 0 Å². The first-order valence-electron chi connectivity index (χ1n) is 3.33. The highest BCUT2D eigenvalue weighted by Gasteiger charge is 2.25. The van der Waals surface area contributed by atoms with Crippen LogP contribution in [0, 0.1) is 10.1 Å². The highest BCUT2D eigenvalue weighted by atomic mass is 35.5. The minimum absolute atomic E-state index is 0.115. The lowest BCUT2D eigenvalue weighted by Crippen LogP contribution is -2.32. The van der Waals surface area contributed by atoms with Gasteiger partial charge in [0.05, 0.1) is 10.4 Å². The Bertz CT molecular complexity index is 343. The third kappa shape index (κ3) is 1.97. The van der Waals surface area contributed by atoms with Gasteiger partial charge in [0.1, 0.15) is 5.02 Å². The first-order valence-corrected chi connectivity index (χ1v) is 3.70. The van der Waals surface area contributed by atoms with Crippen LogP contribution in [0.4, 0.5) is 5.69 Å². The van der Waals surface area contributed by atoms with E-state index in [1.54, 1.807) is 0 Å². The van der Waals surface area contributed by atoms with Crippen molar-refractivity contribution < 1.29 is 15.0 Å². The van der Waals surface area contributed by atoms with E-state index < -0.39 is 17.7 Å². The summed E-state index contributed by atoms with van der Waals surface area (Å²) in [5.74, 6) is 0. The summed E-state index contributed by atoms with van der Waals surface area (Å²) in [5.41, 5.74) is -0.684. The molecule has 0 amide bonds. The Morgan fingerprint density at radius 2 is 2.08 bits per heavy atom. The molecule has 1 rings (SSSR count). The number of nitro benzene ring substituents is 1. The highest BCUT2D eigenvalue weighted by molar-refractivity contribution is 6.61. The molecule has 0 aliphatic carbocycles. The molecule has 5 nitrogen and oxygen atoms in total. The largest absolute Gasteiger partial charge is 0.495 e. The van der Waals surface area contributed by atoms with Crippen LogP contribution < -0.4 is 5.46 Å².